The first-order valence-electron chi connectivity index (χ1n) is 8.14. The van der Waals surface area contributed by atoms with Crippen molar-refractivity contribution in [2.45, 2.75) is 51.3 Å². The van der Waals surface area contributed by atoms with Gasteiger partial charge < -0.3 is 10.1 Å². The molecule has 4 nitrogen and oxygen atoms in total. The normalized spacial score (nSPS) is 27.9. The monoisotopic (exact) mass is 302 g/mol. The molecule has 1 saturated heterocycles. The molecule has 1 aromatic rings. The summed E-state index contributed by atoms with van der Waals surface area (Å²) in [6.07, 6.45) is 1.83. The molecule has 3 rings (SSSR count). The number of hydrogen-bond donors (Lipinski definition) is 1. The number of rotatable bonds is 3. The minimum atomic E-state index is -0.431. The average Bonchev–Trinajstić information content (AvgIpc) is 3.10. The number of fused-ring (bicyclic) bond motifs is 1. The lowest BCUT2D eigenvalue weighted by Crippen LogP contribution is -2.48. The second-order valence-corrected chi connectivity index (χ2v) is 7.65. The molecule has 2 aliphatic rings. The zero-order valence-electron chi connectivity index (χ0n) is 13.8. The van der Waals surface area contributed by atoms with Crippen molar-refractivity contribution in [3.63, 3.8) is 0 Å². The quantitative estimate of drug-likeness (QED) is 0.932. The van der Waals surface area contributed by atoms with Gasteiger partial charge in [0, 0.05) is 25.2 Å². The smallest absolute Gasteiger partial charge is 0.408 e. The van der Waals surface area contributed by atoms with Crippen LogP contribution in [0, 0.1) is 5.92 Å². The van der Waals surface area contributed by atoms with E-state index in [1.165, 1.54) is 5.56 Å². The Morgan fingerprint density at radius 2 is 2.09 bits per heavy atom. The minimum absolute atomic E-state index is 0.00444. The topological polar surface area (TPSA) is 41.6 Å². The summed E-state index contributed by atoms with van der Waals surface area (Å²) >= 11 is 0. The largest absolute Gasteiger partial charge is 0.444 e. The van der Waals surface area contributed by atoms with Crippen molar-refractivity contribution in [1.29, 1.82) is 0 Å². The number of benzene rings is 1. The number of carbonyl (C=O) groups is 1. The van der Waals surface area contributed by atoms with Crippen LogP contribution in [0.25, 0.3) is 0 Å². The van der Waals surface area contributed by atoms with E-state index in [1.807, 2.05) is 20.8 Å². The first-order chi connectivity index (χ1) is 10.4. The molecular weight excluding hydrogens is 276 g/mol. The van der Waals surface area contributed by atoms with Gasteiger partial charge in [0.2, 0.25) is 0 Å². The van der Waals surface area contributed by atoms with Crippen LogP contribution in [-0.2, 0) is 11.3 Å². The van der Waals surface area contributed by atoms with Crippen LogP contribution in [-0.4, -0.2) is 35.2 Å². The molecule has 2 atom stereocenters. The third-order valence-electron chi connectivity index (χ3n) is 4.58. The van der Waals surface area contributed by atoms with E-state index in [4.69, 9.17) is 4.74 Å². The van der Waals surface area contributed by atoms with Crippen molar-refractivity contribution in [3.05, 3.63) is 35.9 Å². The Morgan fingerprint density at radius 1 is 1.36 bits per heavy atom. The Hall–Kier alpha value is -1.55. The van der Waals surface area contributed by atoms with Crippen LogP contribution in [0.3, 0.4) is 0 Å². The molecule has 0 radical (unpaired) electrons. The molecule has 1 N–H and O–H groups in total. The van der Waals surface area contributed by atoms with Crippen molar-refractivity contribution in [3.8, 4) is 0 Å². The van der Waals surface area contributed by atoms with Gasteiger partial charge in [-0.15, -0.1) is 0 Å². The molecule has 1 aromatic carbocycles. The van der Waals surface area contributed by atoms with Gasteiger partial charge in [-0.3, -0.25) is 4.90 Å². The van der Waals surface area contributed by atoms with Gasteiger partial charge in [-0.05, 0) is 45.1 Å². The van der Waals surface area contributed by atoms with Crippen molar-refractivity contribution >= 4 is 6.09 Å². The fraction of sp³-hybridized carbons (Fsp3) is 0.611. The van der Waals surface area contributed by atoms with E-state index in [1.54, 1.807) is 0 Å². The first kappa shape index (κ1) is 15.3. The number of ether oxygens (including phenoxy) is 1. The maximum atomic E-state index is 12.0. The highest BCUT2D eigenvalue weighted by molar-refractivity contribution is 5.69. The summed E-state index contributed by atoms with van der Waals surface area (Å²) in [4.78, 5) is 14.5. The molecule has 2 unspecified atom stereocenters. The number of piperidine rings is 1. The van der Waals surface area contributed by atoms with Crippen LogP contribution in [0.4, 0.5) is 4.79 Å². The summed E-state index contributed by atoms with van der Waals surface area (Å²) < 4.78 is 5.39. The van der Waals surface area contributed by atoms with Crippen molar-refractivity contribution in [1.82, 2.24) is 10.2 Å². The van der Waals surface area contributed by atoms with Gasteiger partial charge in [0.05, 0.1) is 0 Å². The lowest BCUT2D eigenvalue weighted by atomic mass is 10.0. The molecule has 4 heteroatoms. The van der Waals surface area contributed by atoms with Gasteiger partial charge in [0.25, 0.3) is 0 Å². The maximum Gasteiger partial charge on any atom is 0.408 e. The predicted octanol–water partition coefficient (Wildman–Crippen LogP) is 3.18. The number of nitrogens with zero attached hydrogens (tertiary/aromatic N) is 1. The summed E-state index contributed by atoms with van der Waals surface area (Å²) in [5.74, 6) is 0.567. The van der Waals surface area contributed by atoms with Crippen LogP contribution in [0.1, 0.15) is 39.2 Å². The maximum absolute atomic E-state index is 12.0. The zero-order valence-corrected chi connectivity index (χ0v) is 13.8. The van der Waals surface area contributed by atoms with E-state index in [-0.39, 0.29) is 11.6 Å². The van der Waals surface area contributed by atoms with E-state index in [0.717, 1.165) is 32.5 Å². The Labute approximate surface area is 132 Å². The van der Waals surface area contributed by atoms with Gasteiger partial charge in [-0.2, -0.15) is 0 Å². The van der Waals surface area contributed by atoms with Gasteiger partial charge in [-0.25, -0.2) is 4.79 Å². The van der Waals surface area contributed by atoms with E-state index in [9.17, 15) is 4.79 Å². The summed E-state index contributed by atoms with van der Waals surface area (Å²) in [7, 11) is 0. The Bertz CT molecular complexity index is 538. The molecule has 1 heterocycles. The van der Waals surface area contributed by atoms with E-state index >= 15 is 0 Å². The fourth-order valence-corrected chi connectivity index (χ4v) is 3.39. The second-order valence-electron chi connectivity index (χ2n) is 7.65. The van der Waals surface area contributed by atoms with Gasteiger partial charge in [0.15, 0.2) is 0 Å². The van der Waals surface area contributed by atoms with E-state index in [0.29, 0.717) is 5.92 Å². The number of alkyl carbamates (subject to hydrolysis) is 1. The molecule has 120 valence electrons. The van der Waals surface area contributed by atoms with Crippen LogP contribution in [0.5, 0.6) is 0 Å². The van der Waals surface area contributed by atoms with Crippen molar-refractivity contribution in [2.75, 3.05) is 13.1 Å². The zero-order chi connectivity index (χ0) is 15.8. The number of hydrogen-bond acceptors (Lipinski definition) is 3. The van der Waals surface area contributed by atoms with Crippen LogP contribution >= 0.6 is 0 Å². The fourth-order valence-electron chi connectivity index (χ4n) is 3.39. The Morgan fingerprint density at radius 3 is 2.73 bits per heavy atom. The highest BCUT2D eigenvalue weighted by Gasteiger charge is 2.57. The van der Waals surface area contributed by atoms with Gasteiger partial charge >= 0.3 is 6.09 Å². The molecule has 0 aromatic heterocycles. The molecule has 0 bridgehead atoms. The molecule has 1 amide bonds. The van der Waals surface area contributed by atoms with Gasteiger partial charge in [-0.1, -0.05) is 30.3 Å². The molecular formula is C18H26N2O2. The predicted molar refractivity (Wildman–Crippen MR) is 86.5 cm³/mol. The number of nitrogens with one attached hydrogen (secondary N) is 1. The van der Waals surface area contributed by atoms with Crippen molar-refractivity contribution < 1.29 is 9.53 Å². The molecule has 1 aliphatic carbocycles. The molecule has 1 aliphatic heterocycles. The highest BCUT2D eigenvalue weighted by Crippen LogP contribution is 2.49. The number of amides is 1. The molecule has 1 saturated carbocycles. The third kappa shape index (κ3) is 3.61. The summed E-state index contributed by atoms with van der Waals surface area (Å²) in [6.45, 7) is 8.79. The highest BCUT2D eigenvalue weighted by atomic mass is 16.6. The lowest BCUT2D eigenvalue weighted by molar-refractivity contribution is 0.0465. The van der Waals surface area contributed by atoms with Crippen LogP contribution in [0.2, 0.25) is 0 Å². The van der Waals surface area contributed by atoms with Crippen molar-refractivity contribution in [2.24, 2.45) is 5.92 Å². The van der Waals surface area contributed by atoms with Crippen LogP contribution < -0.4 is 5.32 Å². The van der Waals surface area contributed by atoms with E-state index in [2.05, 4.69) is 40.5 Å². The Balaban J connectivity index is 1.50. The Kier molecular flexibility index (Phi) is 3.89. The average molecular weight is 302 g/mol. The molecule has 22 heavy (non-hydrogen) atoms. The van der Waals surface area contributed by atoms with Crippen LogP contribution in [0.15, 0.2) is 30.3 Å². The third-order valence-corrected chi connectivity index (χ3v) is 4.58. The standard InChI is InChI=1S/C18H26N2O2/c1-17(2,3)22-16(21)19-18-9-10-20(13-15(18)11-18)12-14-7-5-4-6-8-14/h4-8,15H,9-13H2,1-3H3,(H,19,21). The number of carbonyl (C=O) groups excluding carboxylic acids is 1. The number of likely N-dealkylation sites (tertiary alicyclic amines) is 1. The molecule has 0 spiro atoms. The summed E-state index contributed by atoms with van der Waals surface area (Å²) in [5.41, 5.74) is 0.921. The summed E-state index contributed by atoms with van der Waals surface area (Å²) in [5, 5.41) is 3.12. The first-order valence-corrected chi connectivity index (χ1v) is 8.14. The second kappa shape index (κ2) is 5.58. The SMILES string of the molecule is CC(C)(C)OC(=O)NC12CCN(Cc3ccccc3)CC1C2. The molecule has 2 fully saturated rings. The summed E-state index contributed by atoms with van der Waals surface area (Å²) in [6, 6.07) is 10.6. The van der Waals surface area contributed by atoms with E-state index < -0.39 is 5.60 Å². The minimum Gasteiger partial charge on any atom is -0.444 e. The van der Waals surface area contributed by atoms with Gasteiger partial charge in [0.1, 0.15) is 5.60 Å². The lowest BCUT2D eigenvalue weighted by Gasteiger charge is -2.32.